The van der Waals surface area contributed by atoms with Crippen LogP contribution in [-0.4, -0.2) is 18.5 Å². The van der Waals surface area contributed by atoms with Crippen molar-refractivity contribution >= 4 is 27.3 Å². The van der Waals surface area contributed by atoms with Crippen LogP contribution in [0.2, 0.25) is 5.02 Å². The molecule has 0 aromatic heterocycles. The summed E-state index contributed by atoms with van der Waals surface area (Å²) in [6.45, 7) is 0. The second-order valence-corrected chi connectivity index (χ2v) is 8.45. The molecular weight excluding hydrogens is 380 g/mol. The van der Waals surface area contributed by atoms with Gasteiger partial charge in [0.1, 0.15) is 0 Å². The van der Waals surface area contributed by atoms with E-state index in [1.165, 1.54) is 4.41 Å². The van der Waals surface area contributed by atoms with Gasteiger partial charge in [-0.3, -0.25) is 0 Å². The lowest BCUT2D eigenvalue weighted by molar-refractivity contribution is 0.371. The molecule has 0 aliphatic carbocycles. The van der Waals surface area contributed by atoms with Crippen LogP contribution in [0, 0.1) is 0 Å². The fraction of sp³-hybridized carbons (Fsp3) is 0.0952. The first kappa shape index (κ1) is 17.8. The van der Waals surface area contributed by atoms with Crippen LogP contribution in [0.4, 0.5) is 0 Å². The highest BCUT2D eigenvalue weighted by Gasteiger charge is 2.38. The summed E-state index contributed by atoms with van der Waals surface area (Å²) in [6.07, 6.45) is 0.458. The summed E-state index contributed by atoms with van der Waals surface area (Å²) in [4.78, 5) is 0.208. The summed E-state index contributed by atoms with van der Waals surface area (Å²) in [5.74, 6) is 0. The lowest BCUT2D eigenvalue weighted by Crippen LogP contribution is -2.27. The Kier molecular flexibility index (Phi) is 4.72. The van der Waals surface area contributed by atoms with E-state index >= 15 is 0 Å². The zero-order chi connectivity index (χ0) is 18.9. The molecule has 0 bridgehead atoms. The molecular formula is C21H17ClN2O2S. The van der Waals surface area contributed by atoms with Gasteiger partial charge in [-0.2, -0.15) is 17.9 Å². The van der Waals surface area contributed by atoms with Crippen molar-refractivity contribution < 1.29 is 8.42 Å². The van der Waals surface area contributed by atoms with Gasteiger partial charge in [0, 0.05) is 11.4 Å². The number of hydrazone groups is 1. The van der Waals surface area contributed by atoms with Gasteiger partial charge in [-0.05, 0) is 29.3 Å². The van der Waals surface area contributed by atoms with E-state index in [0.717, 1.165) is 16.8 Å². The molecule has 0 saturated carbocycles. The third kappa shape index (κ3) is 3.36. The summed E-state index contributed by atoms with van der Waals surface area (Å²) in [5, 5.41) is 5.04. The largest absolute Gasteiger partial charge is 0.279 e. The summed E-state index contributed by atoms with van der Waals surface area (Å²) in [6, 6.07) is 24.8. The van der Waals surface area contributed by atoms with Gasteiger partial charge in [-0.1, -0.05) is 78.3 Å². The van der Waals surface area contributed by atoms with Crippen LogP contribution in [0.5, 0.6) is 0 Å². The van der Waals surface area contributed by atoms with Gasteiger partial charge >= 0.3 is 0 Å². The van der Waals surface area contributed by atoms with Gasteiger partial charge in [0.05, 0.1) is 16.6 Å². The first-order valence-corrected chi connectivity index (χ1v) is 10.4. The number of nitrogens with zero attached hydrogens (tertiary/aromatic N) is 2. The molecule has 1 aliphatic rings. The van der Waals surface area contributed by atoms with E-state index in [9.17, 15) is 8.42 Å². The van der Waals surface area contributed by atoms with Gasteiger partial charge < -0.3 is 0 Å². The third-order valence-electron chi connectivity index (χ3n) is 4.53. The van der Waals surface area contributed by atoms with Gasteiger partial charge in [0.15, 0.2) is 0 Å². The molecule has 0 N–H and O–H groups in total. The summed E-state index contributed by atoms with van der Waals surface area (Å²) in [7, 11) is -3.81. The molecule has 0 saturated heterocycles. The Morgan fingerprint density at radius 1 is 0.852 bits per heavy atom. The van der Waals surface area contributed by atoms with Crippen LogP contribution in [0.3, 0.4) is 0 Å². The topological polar surface area (TPSA) is 49.7 Å². The smallest absolute Gasteiger partial charge is 0.200 e. The number of rotatable bonds is 4. The maximum Gasteiger partial charge on any atom is 0.279 e. The van der Waals surface area contributed by atoms with Gasteiger partial charge in [0.25, 0.3) is 10.0 Å². The molecule has 136 valence electrons. The number of halogens is 1. The van der Waals surface area contributed by atoms with Crippen LogP contribution in [0.15, 0.2) is 94.9 Å². The first-order chi connectivity index (χ1) is 13.1. The maximum atomic E-state index is 13.3. The zero-order valence-corrected chi connectivity index (χ0v) is 15.9. The summed E-state index contributed by atoms with van der Waals surface area (Å²) < 4.78 is 27.8. The Morgan fingerprint density at radius 3 is 2.11 bits per heavy atom. The van der Waals surface area contributed by atoms with E-state index in [0.29, 0.717) is 11.4 Å². The van der Waals surface area contributed by atoms with E-state index in [1.54, 1.807) is 36.4 Å². The first-order valence-electron chi connectivity index (χ1n) is 8.54. The van der Waals surface area contributed by atoms with Crippen molar-refractivity contribution in [2.24, 2.45) is 5.10 Å². The SMILES string of the molecule is O=S(=O)(c1ccccc1)N1N=C(c2ccccc2)C[C@@H]1c1ccccc1Cl. The van der Waals surface area contributed by atoms with Crippen molar-refractivity contribution in [1.82, 2.24) is 4.41 Å². The van der Waals surface area contributed by atoms with Gasteiger partial charge in [-0.25, -0.2) is 0 Å². The van der Waals surface area contributed by atoms with Gasteiger partial charge in [-0.15, -0.1) is 0 Å². The maximum absolute atomic E-state index is 13.3. The standard InChI is InChI=1S/C21H17ClN2O2S/c22-19-14-8-7-13-18(19)21-15-20(16-9-3-1-4-10-16)23-24(21)27(25,26)17-11-5-2-6-12-17/h1-14,21H,15H2/t21-/m1/s1. The number of hydrogen-bond donors (Lipinski definition) is 0. The lowest BCUT2D eigenvalue weighted by Gasteiger charge is -2.24. The molecule has 0 fully saturated rings. The molecule has 4 nitrogen and oxygen atoms in total. The van der Waals surface area contributed by atoms with Crippen LogP contribution in [0.25, 0.3) is 0 Å². The predicted octanol–water partition coefficient (Wildman–Crippen LogP) is 4.88. The molecule has 27 heavy (non-hydrogen) atoms. The molecule has 1 heterocycles. The van der Waals surface area contributed by atoms with Crippen LogP contribution in [-0.2, 0) is 10.0 Å². The van der Waals surface area contributed by atoms with E-state index in [4.69, 9.17) is 11.6 Å². The van der Waals surface area contributed by atoms with Crippen molar-refractivity contribution in [3.05, 3.63) is 101 Å². The van der Waals surface area contributed by atoms with Crippen molar-refractivity contribution in [2.75, 3.05) is 0 Å². The summed E-state index contributed by atoms with van der Waals surface area (Å²) in [5.41, 5.74) is 2.37. The predicted molar refractivity (Wildman–Crippen MR) is 107 cm³/mol. The highest BCUT2D eigenvalue weighted by Crippen LogP contribution is 2.39. The van der Waals surface area contributed by atoms with Crippen molar-refractivity contribution in [1.29, 1.82) is 0 Å². The average Bonchev–Trinajstić information content (AvgIpc) is 3.16. The second-order valence-electron chi connectivity index (χ2n) is 6.24. The number of benzene rings is 3. The molecule has 0 unspecified atom stereocenters. The Morgan fingerprint density at radius 2 is 1.44 bits per heavy atom. The molecule has 6 heteroatoms. The number of sulfonamides is 1. The van der Waals surface area contributed by atoms with E-state index < -0.39 is 16.1 Å². The van der Waals surface area contributed by atoms with E-state index in [1.807, 2.05) is 48.5 Å². The van der Waals surface area contributed by atoms with Crippen LogP contribution >= 0.6 is 11.6 Å². The molecule has 0 amide bonds. The molecule has 0 spiro atoms. The van der Waals surface area contributed by atoms with Crippen LogP contribution < -0.4 is 0 Å². The van der Waals surface area contributed by atoms with Crippen molar-refractivity contribution in [2.45, 2.75) is 17.4 Å². The Balaban J connectivity index is 1.83. The van der Waals surface area contributed by atoms with Crippen molar-refractivity contribution in [3.8, 4) is 0 Å². The second kappa shape index (κ2) is 7.18. The third-order valence-corrected chi connectivity index (χ3v) is 6.57. The molecule has 3 aromatic carbocycles. The average molecular weight is 397 g/mol. The van der Waals surface area contributed by atoms with E-state index in [-0.39, 0.29) is 4.90 Å². The normalized spacial score (nSPS) is 17.0. The van der Waals surface area contributed by atoms with Crippen molar-refractivity contribution in [3.63, 3.8) is 0 Å². The minimum absolute atomic E-state index is 0.208. The number of hydrogen-bond acceptors (Lipinski definition) is 3. The minimum Gasteiger partial charge on any atom is -0.200 e. The molecule has 4 rings (SSSR count). The van der Waals surface area contributed by atoms with E-state index in [2.05, 4.69) is 5.10 Å². The van der Waals surface area contributed by atoms with Crippen LogP contribution in [0.1, 0.15) is 23.6 Å². The van der Waals surface area contributed by atoms with Gasteiger partial charge in [0.2, 0.25) is 0 Å². The molecule has 3 aromatic rings. The lowest BCUT2D eigenvalue weighted by atomic mass is 9.99. The Labute approximate surface area is 163 Å². The molecule has 0 radical (unpaired) electrons. The molecule has 1 atom stereocenters. The summed E-state index contributed by atoms with van der Waals surface area (Å²) >= 11 is 6.39. The Hall–Kier alpha value is -2.63. The highest BCUT2D eigenvalue weighted by molar-refractivity contribution is 7.89. The fourth-order valence-electron chi connectivity index (χ4n) is 3.19. The zero-order valence-electron chi connectivity index (χ0n) is 14.4. The fourth-order valence-corrected chi connectivity index (χ4v) is 4.90. The monoisotopic (exact) mass is 396 g/mol. The quantitative estimate of drug-likeness (QED) is 0.631. The minimum atomic E-state index is -3.81. The highest BCUT2D eigenvalue weighted by atomic mass is 35.5. The Bertz CT molecular complexity index is 1080. The molecule has 1 aliphatic heterocycles.